The van der Waals surface area contributed by atoms with Crippen LogP contribution in [0.5, 0.6) is 0 Å². The molecule has 1 radical (unpaired) electrons. The zero-order valence-electron chi connectivity index (χ0n) is 16.1. The summed E-state index contributed by atoms with van der Waals surface area (Å²) in [6.45, 7) is 8.91. The molecule has 2 aromatic heterocycles. The van der Waals surface area contributed by atoms with Crippen molar-refractivity contribution >= 4 is 22.7 Å². The van der Waals surface area contributed by atoms with Gasteiger partial charge >= 0.3 is 0 Å². The molecule has 1 aliphatic carbocycles. The highest BCUT2D eigenvalue weighted by Gasteiger charge is 2.24. The monoisotopic (exact) mass is 385 g/mol. The Kier molecular flexibility index (Phi) is 3.89. The Morgan fingerprint density at radius 1 is 0.778 bits per heavy atom. The molecule has 0 atom stereocenters. The molecule has 0 amide bonds. The van der Waals surface area contributed by atoms with Crippen LogP contribution in [-0.2, 0) is 6.42 Å². The van der Waals surface area contributed by atoms with Gasteiger partial charge < -0.3 is 0 Å². The topological polar surface area (TPSA) is 0 Å². The predicted molar refractivity (Wildman–Crippen MR) is 119 cm³/mol. The number of hydrogen-bond acceptors (Lipinski definition) is 2. The molecule has 4 aromatic rings. The first-order valence-electron chi connectivity index (χ1n) is 9.32. The fraction of sp³-hybridized carbons (Fsp3) is 0.200. The van der Waals surface area contributed by atoms with Crippen molar-refractivity contribution < 1.29 is 0 Å². The van der Waals surface area contributed by atoms with Crippen LogP contribution in [0.3, 0.4) is 0 Å². The number of thiophene rings is 2. The zero-order chi connectivity index (χ0) is 18.7. The average Bonchev–Trinajstić information content (AvgIpc) is 3.31. The van der Waals surface area contributed by atoms with Gasteiger partial charge in [-0.3, -0.25) is 0 Å². The molecular formula is C25H21S2. The molecule has 0 nitrogen and oxygen atoms in total. The molecule has 133 valence electrons. The van der Waals surface area contributed by atoms with E-state index in [1.807, 2.05) is 22.7 Å². The normalized spacial score (nSPS) is 12.3. The van der Waals surface area contributed by atoms with Crippen LogP contribution in [0.4, 0.5) is 0 Å². The molecule has 2 heterocycles. The Morgan fingerprint density at radius 3 is 2.11 bits per heavy atom. The Morgan fingerprint density at radius 2 is 1.44 bits per heavy atom. The van der Waals surface area contributed by atoms with Gasteiger partial charge in [0.2, 0.25) is 0 Å². The molecule has 5 rings (SSSR count). The third-order valence-electron chi connectivity index (χ3n) is 5.88. The highest BCUT2D eigenvalue weighted by atomic mass is 32.1. The molecule has 0 spiro atoms. The predicted octanol–water partition coefficient (Wildman–Crippen LogP) is 7.75. The van der Waals surface area contributed by atoms with E-state index in [0.717, 1.165) is 6.42 Å². The van der Waals surface area contributed by atoms with Crippen LogP contribution >= 0.6 is 22.7 Å². The minimum atomic E-state index is 0.991. The minimum absolute atomic E-state index is 0.991. The highest BCUT2D eigenvalue weighted by molar-refractivity contribution is 7.15. The summed E-state index contributed by atoms with van der Waals surface area (Å²) in [4.78, 5) is 2.75. The van der Waals surface area contributed by atoms with Crippen LogP contribution in [0.25, 0.3) is 32.0 Å². The van der Waals surface area contributed by atoms with E-state index in [2.05, 4.69) is 74.9 Å². The first kappa shape index (κ1) is 17.0. The van der Waals surface area contributed by atoms with E-state index >= 15 is 0 Å². The van der Waals surface area contributed by atoms with Crippen molar-refractivity contribution in [1.82, 2.24) is 0 Å². The van der Waals surface area contributed by atoms with Crippen molar-refractivity contribution in [2.24, 2.45) is 0 Å². The first-order valence-corrected chi connectivity index (χ1v) is 11.1. The van der Waals surface area contributed by atoms with Crippen LogP contribution < -0.4 is 0 Å². The van der Waals surface area contributed by atoms with Crippen LogP contribution in [0.2, 0.25) is 0 Å². The van der Waals surface area contributed by atoms with Gasteiger partial charge in [-0.1, -0.05) is 24.3 Å². The molecule has 0 saturated heterocycles. The molecule has 2 aromatic carbocycles. The molecule has 0 aliphatic heterocycles. The molecule has 0 fully saturated rings. The third kappa shape index (κ3) is 2.55. The van der Waals surface area contributed by atoms with Gasteiger partial charge in [0.1, 0.15) is 0 Å². The van der Waals surface area contributed by atoms with Gasteiger partial charge in [-0.2, -0.15) is 0 Å². The third-order valence-corrected chi connectivity index (χ3v) is 8.33. The van der Waals surface area contributed by atoms with Crippen molar-refractivity contribution in [2.75, 3.05) is 0 Å². The van der Waals surface area contributed by atoms with E-state index in [0.29, 0.717) is 0 Å². The zero-order valence-corrected chi connectivity index (χ0v) is 17.7. The van der Waals surface area contributed by atoms with E-state index < -0.39 is 0 Å². The second-order valence-corrected chi connectivity index (χ2v) is 9.29. The van der Waals surface area contributed by atoms with Crippen LogP contribution in [0.1, 0.15) is 33.4 Å². The Bertz CT molecular complexity index is 1190. The standard InChI is InChI=1S/C25H21S2/c1-14-12-26-24(16(14)3)22-10-19-9-18-7-5-6-8-20(18)21(19)11-23(22)25-17(4)15(2)13-27-25/h5-8,11-13H,9H2,1-4H3. The van der Waals surface area contributed by atoms with Crippen molar-refractivity contribution in [3.8, 4) is 32.0 Å². The van der Waals surface area contributed by atoms with Crippen molar-refractivity contribution in [2.45, 2.75) is 34.1 Å². The van der Waals surface area contributed by atoms with Gasteiger partial charge in [0, 0.05) is 20.9 Å². The van der Waals surface area contributed by atoms with Gasteiger partial charge in [0.25, 0.3) is 0 Å². The summed E-state index contributed by atoms with van der Waals surface area (Å²) in [6, 6.07) is 15.1. The van der Waals surface area contributed by atoms with Gasteiger partial charge in [-0.15, -0.1) is 22.7 Å². The van der Waals surface area contributed by atoms with E-state index in [4.69, 9.17) is 0 Å². The molecule has 0 bridgehead atoms. The molecule has 1 aliphatic rings. The number of fused-ring (bicyclic) bond motifs is 3. The summed E-state index contributed by atoms with van der Waals surface area (Å²) in [5.74, 6) is 0. The Labute approximate surface area is 169 Å². The largest absolute Gasteiger partial charge is 0.143 e. The van der Waals surface area contributed by atoms with Gasteiger partial charge in [0.15, 0.2) is 0 Å². The molecular weight excluding hydrogens is 364 g/mol. The first-order chi connectivity index (χ1) is 13.0. The van der Waals surface area contributed by atoms with E-state index in [9.17, 15) is 0 Å². The Balaban J connectivity index is 1.82. The van der Waals surface area contributed by atoms with Gasteiger partial charge in [-0.05, 0) is 102 Å². The number of benzene rings is 2. The smallest absolute Gasteiger partial charge is 0.0387 e. The fourth-order valence-electron chi connectivity index (χ4n) is 3.97. The summed E-state index contributed by atoms with van der Waals surface area (Å²) >= 11 is 3.72. The maximum atomic E-state index is 3.86. The fourth-order valence-corrected chi connectivity index (χ4v) is 6.16. The molecule has 0 N–H and O–H groups in total. The van der Waals surface area contributed by atoms with E-state index in [1.165, 1.54) is 65.4 Å². The lowest BCUT2D eigenvalue weighted by Crippen LogP contribution is -1.91. The van der Waals surface area contributed by atoms with Crippen molar-refractivity contribution in [1.29, 1.82) is 0 Å². The summed E-state index contributed by atoms with van der Waals surface area (Å²) in [5, 5.41) is 4.55. The second kappa shape index (κ2) is 6.19. The van der Waals surface area contributed by atoms with Gasteiger partial charge in [0.05, 0.1) is 0 Å². The van der Waals surface area contributed by atoms with Crippen LogP contribution in [0, 0.1) is 33.8 Å². The van der Waals surface area contributed by atoms with Crippen molar-refractivity contribution in [3.63, 3.8) is 0 Å². The lowest BCUT2D eigenvalue weighted by molar-refractivity contribution is 1.26. The number of aryl methyl sites for hydroxylation is 2. The SMILES string of the molecule is Cc1csc(-c2[c]c3c(cc2-c2scc(C)c2C)-c2ccccc2C3)c1C. The lowest BCUT2D eigenvalue weighted by atomic mass is 9.93. The molecule has 2 heteroatoms. The summed E-state index contributed by atoms with van der Waals surface area (Å²) in [7, 11) is 0. The van der Waals surface area contributed by atoms with Crippen LogP contribution in [0.15, 0.2) is 41.1 Å². The number of hydrogen-bond donors (Lipinski definition) is 0. The Hall–Kier alpha value is -2.16. The average molecular weight is 386 g/mol. The van der Waals surface area contributed by atoms with Gasteiger partial charge in [-0.25, -0.2) is 0 Å². The summed E-state index contributed by atoms with van der Waals surface area (Å²) < 4.78 is 0. The maximum Gasteiger partial charge on any atom is 0.0387 e. The van der Waals surface area contributed by atoms with E-state index in [1.54, 1.807) is 0 Å². The minimum Gasteiger partial charge on any atom is -0.143 e. The van der Waals surface area contributed by atoms with E-state index in [-0.39, 0.29) is 0 Å². The second-order valence-electron chi connectivity index (χ2n) is 7.53. The molecule has 0 unspecified atom stereocenters. The molecule has 27 heavy (non-hydrogen) atoms. The summed E-state index contributed by atoms with van der Waals surface area (Å²) in [5.41, 5.74) is 13.6. The van der Waals surface area contributed by atoms with Crippen LogP contribution in [-0.4, -0.2) is 0 Å². The summed E-state index contributed by atoms with van der Waals surface area (Å²) in [6.07, 6.45) is 0.991. The molecule has 0 saturated carbocycles. The maximum absolute atomic E-state index is 3.86. The lowest BCUT2D eigenvalue weighted by Gasteiger charge is -2.13. The van der Waals surface area contributed by atoms with Crippen molar-refractivity contribution in [3.05, 3.63) is 80.5 Å². The number of rotatable bonds is 2. The quantitative estimate of drug-likeness (QED) is 0.291. The highest BCUT2D eigenvalue weighted by Crippen LogP contribution is 2.47.